The maximum absolute atomic E-state index is 13.4. The van der Waals surface area contributed by atoms with Crippen LogP contribution in [0.1, 0.15) is 156 Å². The molecular formula is C74H112Cl4N12O32P4. The Balaban J connectivity index is 0.000000190. The summed E-state index contributed by atoms with van der Waals surface area (Å²) in [6.45, 7) is 32.6. The molecule has 12 heterocycles. The molecule has 4 aromatic rings. The SMILES string of the molecule is CC(C)C(=O)OCC(NP1(=O)OC[C@H]2O[C@@H](n3ccc(=O)[nH]c3=O)[C@](C)(Cl)[C@@H]2O1)C(C)C.CC(C)C(=O)OC[C@@H](C)N[P@]1(=O)OC[C@H]2O[C@@H](n3ccc(=O)[nH]c3=O)[C@](C)(Cl)[C@@H]2O1.CC(C)C(=O)OC[C@@H](NP1(=O)OC[C@H]2O[C@@H](n3ccc(=O)[nH]c3=O)[C@](C)(Cl)[C@@H]2O1)C(C)C.CC(C)C(=O)OC[C@H](NP1(=O)OC[C@H]2O[C@@H](n3ccc(=O)[nH]c3=O)[C@](C)(Cl)[C@@H]2O1)C(C)C. The lowest BCUT2D eigenvalue weighted by Gasteiger charge is -2.37. The molecule has 8 aliphatic heterocycles. The maximum Gasteiger partial charge on any atom is 0.406 e. The number of nitrogens with zero attached hydrogens (tertiary/aromatic N) is 4. The predicted molar refractivity (Wildman–Crippen MR) is 453 cm³/mol. The molecule has 8 N–H and O–H groups in total. The topological polar surface area (TPSA) is 552 Å². The standard InChI is InChI=1S/3C19H29ClN3O8P.C17H25ClN3O8P/c3*1-10(2)12(8-28-16(25)11(3)4)22-32(27)29-9-13-15(31-32)19(5,20)17(30-13)23-7-6-14(24)21-18(23)26;1-9(2)14(23)26-7-10(3)20-30(25)27-8-11-13(29-30)17(4,18)15(28-11)21-6-5-12(22)19-16(21)24/h3*6-7,10-13,15,17H,8-9H2,1-5H3,(H,22,27)(H,21,24,26);5-6,9-11,13,15H,7-8H2,1-4H3,(H,20,25)(H,19,22,24)/t12?,13-,15-,17-,19-,32?;12-,13+,15+,17+,19+,32?;12-,13-,15-,17-,19-,32?;10-,11-,13-,15-,17-,30+/m1011/s1. The lowest BCUT2D eigenvalue weighted by atomic mass is 10.0. The van der Waals surface area contributed by atoms with Gasteiger partial charge >= 0.3 is 77.6 Å². The summed E-state index contributed by atoms with van der Waals surface area (Å²) in [5.41, 5.74) is -4.98. The summed E-state index contributed by atoms with van der Waals surface area (Å²) in [4.78, 5) is 145. The van der Waals surface area contributed by atoms with Crippen LogP contribution in [-0.2, 0) is 112 Å². The fourth-order valence-corrected chi connectivity index (χ4v) is 22.9. The summed E-state index contributed by atoms with van der Waals surface area (Å²) < 4.78 is 147. The van der Waals surface area contributed by atoms with Crippen LogP contribution in [0.25, 0.3) is 0 Å². The molecule has 24 atom stereocenters. The fourth-order valence-electron chi connectivity index (χ4n) is 13.6. The fraction of sp³-hybridized carbons (Fsp3) is 0.730. The molecule has 0 aliphatic carbocycles. The molecule has 52 heteroatoms. The Hall–Kier alpha value is -5.96. The van der Waals surface area contributed by atoms with Crippen LogP contribution in [-0.4, -0.2) is 207 Å². The molecule has 0 spiro atoms. The summed E-state index contributed by atoms with van der Waals surface area (Å²) >= 11 is 26.9. The van der Waals surface area contributed by atoms with Crippen molar-refractivity contribution in [2.24, 2.45) is 41.4 Å². The minimum absolute atomic E-state index is 0.0104. The second kappa shape index (κ2) is 41.9. The van der Waals surface area contributed by atoms with Gasteiger partial charge in [-0.15, -0.1) is 46.4 Å². The molecule has 12 rings (SSSR count). The number of rotatable bonds is 27. The van der Waals surface area contributed by atoms with Crippen LogP contribution in [0.15, 0.2) is 87.4 Å². The lowest BCUT2D eigenvalue weighted by molar-refractivity contribution is -0.149. The van der Waals surface area contributed by atoms with Crippen molar-refractivity contribution in [1.82, 2.24) is 58.6 Å². The van der Waals surface area contributed by atoms with Crippen molar-refractivity contribution < 1.29 is 112 Å². The number of esters is 4. The molecule has 0 bridgehead atoms. The zero-order valence-corrected chi connectivity index (χ0v) is 79.3. The summed E-state index contributed by atoms with van der Waals surface area (Å²) in [7, 11) is -15.3. The van der Waals surface area contributed by atoms with Gasteiger partial charge in [-0.1, -0.05) is 96.9 Å². The van der Waals surface area contributed by atoms with E-state index < -0.39 is 193 Å². The monoisotopic (exact) mass is 1940 g/mol. The quantitative estimate of drug-likeness (QED) is 0.0138. The second-order valence-corrected chi connectivity index (χ2v) is 44.3. The van der Waals surface area contributed by atoms with Crippen molar-refractivity contribution in [2.75, 3.05) is 52.9 Å². The molecule has 8 saturated heterocycles. The highest BCUT2D eigenvalue weighted by molar-refractivity contribution is 7.52. The van der Waals surface area contributed by atoms with Crippen molar-refractivity contribution in [3.8, 4) is 0 Å². The molecule has 4 unspecified atom stereocenters. The molecule has 0 saturated carbocycles. The number of nitrogens with one attached hydrogen (secondary N) is 8. The molecule has 708 valence electrons. The third-order valence-electron chi connectivity index (χ3n) is 21.1. The summed E-state index contributed by atoms with van der Waals surface area (Å²) in [6, 6.07) is 2.69. The lowest BCUT2D eigenvalue weighted by Crippen LogP contribution is -2.48. The van der Waals surface area contributed by atoms with Crippen molar-refractivity contribution in [2.45, 2.75) is 249 Å². The van der Waals surface area contributed by atoms with Gasteiger partial charge in [0.1, 0.15) is 94.8 Å². The van der Waals surface area contributed by atoms with Crippen LogP contribution in [0.3, 0.4) is 0 Å². The Bertz CT molecular complexity index is 4870. The first-order valence-electron chi connectivity index (χ1n) is 40.6. The van der Waals surface area contributed by atoms with E-state index in [9.17, 15) is 75.8 Å². The number of ether oxygens (including phenoxy) is 8. The minimum atomic E-state index is -3.85. The number of aromatic nitrogens is 8. The molecule has 126 heavy (non-hydrogen) atoms. The van der Waals surface area contributed by atoms with Crippen LogP contribution >= 0.6 is 77.4 Å². The van der Waals surface area contributed by atoms with E-state index in [0.29, 0.717) is 0 Å². The third-order valence-corrected chi connectivity index (χ3v) is 29.4. The number of carbonyl (C=O) groups excluding carboxylic acids is 4. The molecule has 4 aromatic heterocycles. The molecule has 44 nitrogen and oxygen atoms in total. The van der Waals surface area contributed by atoms with Gasteiger partial charge in [0.05, 0.1) is 68.2 Å². The van der Waals surface area contributed by atoms with E-state index in [1.807, 2.05) is 41.5 Å². The van der Waals surface area contributed by atoms with Crippen LogP contribution in [0.5, 0.6) is 0 Å². The number of fused-ring (bicyclic) bond motifs is 4. The number of alkyl halides is 4. The molecule has 0 amide bonds. The smallest absolute Gasteiger partial charge is 0.406 e. The first-order valence-corrected chi connectivity index (χ1v) is 48.3. The predicted octanol–water partition coefficient (Wildman–Crippen LogP) is 6.44. The van der Waals surface area contributed by atoms with Crippen molar-refractivity contribution in [3.05, 3.63) is 132 Å². The Morgan fingerprint density at radius 2 is 0.563 bits per heavy atom. The third kappa shape index (κ3) is 25.1. The van der Waals surface area contributed by atoms with E-state index in [0.717, 1.165) is 18.3 Å². The second-order valence-electron chi connectivity index (χ2n) is 34.2. The first-order chi connectivity index (χ1) is 58.4. The van der Waals surface area contributed by atoms with Gasteiger partial charge in [-0.25, -0.2) is 57.8 Å². The van der Waals surface area contributed by atoms with Crippen molar-refractivity contribution in [1.29, 1.82) is 0 Å². The summed E-state index contributed by atoms with van der Waals surface area (Å²) in [6.07, 6.45) is -5.15. The number of aromatic amines is 4. The van der Waals surface area contributed by atoms with Crippen LogP contribution in [0.4, 0.5) is 0 Å². The zero-order valence-electron chi connectivity index (χ0n) is 72.7. The van der Waals surface area contributed by atoms with Crippen molar-refractivity contribution in [3.63, 3.8) is 0 Å². The molecule has 0 radical (unpaired) electrons. The molecule has 0 aromatic carbocycles. The van der Waals surface area contributed by atoms with Crippen LogP contribution in [0, 0.1) is 41.4 Å². The highest BCUT2D eigenvalue weighted by atomic mass is 35.5. The maximum atomic E-state index is 13.4. The van der Waals surface area contributed by atoms with E-state index in [2.05, 4.69) is 40.3 Å². The van der Waals surface area contributed by atoms with E-state index in [4.69, 9.17) is 120 Å². The Morgan fingerprint density at radius 3 is 0.754 bits per heavy atom. The van der Waals surface area contributed by atoms with Gasteiger partial charge in [0, 0.05) is 55.1 Å². The highest BCUT2D eigenvalue weighted by Gasteiger charge is 2.64. The van der Waals surface area contributed by atoms with Gasteiger partial charge in [-0.2, -0.15) is 0 Å². The Kier molecular flexibility index (Phi) is 34.5. The van der Waals surface area contributed by atoms with E-state index in [1.54, 1.807) is 90.0 Å². The average Bonchev–Trinajstić information content (AvgIpc) is 1.61. The number of H-pyrrole nitrogens is 4. The molecular weight excluding hydrogens is 1830 g/mol. The molecule has 8 fully saturated rings. The van der Waals surface area contributed by atoms with Gasteiger partial charge in [-0.05, 0) is 52.4 Å². The van der Waals surface area contributed by atoms with Gasteiger partial charge in [-0.3, -0.25) is 113 Å². The van der Waals surface area contributed by atoms with Gasteiger partial charge in [0.25, 0.3) is 22.2 Å². The van der Waals surface area contributed by atoms with Crippen LogP contribution in [0.2, 0.25) is 0 Å². The summed E-state index contributed by atoms with van der Waals surface area (Å²) in [5.74, 6) is -2.79. The van der Waals surface area contributed by atoms with Gasteiger partial charge in [0.15, 0.2) is 24.9 Å². The van der Waals surface area contributed by atoms with E-state index in [-0.39, 0.29) is 118 Å². The number of carbonyl (C=O) groups is 4. The zero-order chi connectivity index (χ0) is 93.8. The summed E-state index contributed by atoms with van der Waals surface area (Å²) in [5, 5.41) is 11.3. The highest BCUT2D eigenvalue weighted by Crippen LogP contribution is 2.62. The Labute approximate surface area is 743 Å². The van der Waals surface area contributed by atoms with Crippen LogP contribution < -0.4 is 65.3 Å². The van der Waals surface area contributed by atoms with E-state index in [1.165, 1.54) is 49.1 Å². The molecule has 8 aliphatic rings. The van der Waals surface area contributed by atoms with Gasteiger partial charge in [0.2, 0.25) is 0 Å². The number of halogens is 4. The Morgan fingerprint density at radius 1 is 0.365 bits per heavy atom. The largest absolute Gasteiger partial charge is 0.464 e. The number of hydrogen-bond acceptors (Lipinski definition) is 32. The first kappa shape index (κ1) is 104. The normalized spacial score (nSPS) is 33.6. The van der Waals surface area contributed by atoms with E-state index >= 15 is 0 Å². The number of hydrogen-bond donors (Lipinski definition) is 8. The van der Waals surface area contributed by atoms with Gasteiger partial charge < -0.3 is 37.9 Å². The minimum Gasteiger partial charge on any atom is -0.464 e. The average molecular weight is 1950 g/mol. The van der Waals surface area contributed by atoms with Crippen molar-refractivity contribution >= 4 is 101 Å².